The number of hydrogen-bond donors (Lipinski definition) is 2. The van der Waals surface area contributed by atoms with Gasteiger partial charge in [0.1, 0.15) is 32.7 Å². The Balaban J connectivity index is 1.49. The first-order chi connectivity index (χ1) is 9.83. The van der Waals surface area contributed by atoms with E-state index in [0.29, 0.717) is 0 Å². The maximum absolute atomic E-state index is 4.11. The molecule has 2 heterocycles. The maximum atomic E-state index is 4.11. The third kappa shape index (κ3) is 3.39. The van der Waals surface area contributed by atoms with Crippen molar-refractivity contribution >= 4 is 0 Å². The van der Waals surface area contributed by atoms with Crippen LogP contribution in [0.25, 0.3) is 0 Å². The minimum atomic E-state index is 0.945. The largest absolute Gasteiger partial charge is 0.323 e. The molecular formula is C17H29N3+2. The molecule has 1 aromatic rings. The highest BCUT2D eigenvalue weighted by Crippen LogP contribution is 2.21. The summed E-state index contributed by atoms with van der Waals surface area (Å²) < 4.78 is 0. The van der Waals surface area contributed by atoms with Crippen molar-refractivity contribution in [2.24, 2.45) is 5.92 Å². The Morgan fingerprint density at radius 3 is 2.45 bits per heavy atom. The Bertz CT molecular complexity index is 398. The molecule has 0 amide bonds. The zero-order chi connectivity index (χ0) is 13.8. The molecule has 1 aliphatic carbocycles. The molecule has 110 valence electrons. The SMILES string of the molecule is C[C@H]1CCCC[C@@H]1[NH+]1CC[NH+](Cc2ccncc2)CC1. The van der Waals surface area contributed by atoms with Crippen molar-refractivity contribution in [1.82, 2.24) is 4.98 Å². The summed E-state index contributed by atoms with van der Waals surface area (Å²) in [6.45, 7) is 9.07. The maximum Gasteiger partial charge on any atom is 0.127 e. The highest BCUT2D eigenvalue weighted by molar-refractivity contribution is 5.07. The zero-order valence-corrected chi connectivity index (χ0v) is 12.8. The fraction of sp³-hybridized carbons (Fsp3) is 0.706. The predicted octanol–water partition coefficient (Wildman–Crippen LogP) is -0.0563. The van der Waals surface area contributed by atoms with Crippen molar-refractivity contribution in [2.75, 3.05) is 26.2 Å². The molecule has 2 N–H and O–H groups in total. The predicted molar refractivity (Wildman–Crippen MR) is 80.8 cm³/mol. The van der Waals surface area contributed by atoms with E-state index in [1.807, 2.05) is 17.3 Å². The van der Waals surface area contributed by atoms with Gasteiger partial charge >= 0.3 is 0 Å². The fourth-order valence-corrected chi connectivity index (χ4v) is 4.18. The van der Waals surface area contributed by atoms with Gasteiger partial charge in [-0.15, -0.1) is 0 Å². The summed E-state index contributed by atoms with van der Waals surface area (Å²) in [7, 11) is 0. The van der Waals surface area contributed by atoms with E-state index in [2.05, 4.69) is 24.0 Å². The van der Waals surface area contributed by atoms with Crippen LogP contribution in [0.5, 0.6) is 0 Å². The van der Waals surface area contributed by atoms with Gasteiger partial charge in [0.05, 0.1) is 6.04 Å². The van der Waals surface area contributed by atoms with E-state index in [1.54, 1.807) is 4.90 Å². The van der Waals surface area contributed by atoms with Crippen LogP contribution in [-0.4, -0.2) is 37.2 Å². The minimum absolute atomic E-state index is 0.945. The number of aromatic nitrogens is 1. The average Bonchev–Trinajstić information content (AvgIpc) is 2.50. The van der Waals surface area contributed by atoms with E-state index < -0.39 is 0 Å². The van der Waals surface area contributed by atoms with E-state index in [9.17, 15) is 0 Å². The molecule has 0 unspecified atom stereocenters. The lowest BCUT2D eigenvalue weighted by Gasteiger charge is -2.39. The van der Waals surface area contributed by atoms with Gasteiger partial charge < -0.3 is 9.80 Å². The normalized spacial score (nSPS) is 34.9. The summed E-state index contributed by atoms with van der Waals surface area (Å²) in [5.74, 6) is 0.945. The van der Waals surface area contributed by atoms with Crippen LogP contribution in [0.1, 0.15) is 38.2 Å². The van der Waals surface area contributed by atoms with Crippen LogP contribution < -0.4 is 9.80 Å². The van der Waals surface area contributed by atoms with Crippen molar-refractivity contribution < 1.29 is 9.80 Å². The van der Waals surface area contributed by atoms with Gasteiger partial charge in [0, 0.05) is 23.9 Å². The van der Waals surface area contributed by atoms with Crippen LogP contribution in [0.15, 0.2) is 24.5 Å². The van der Waals surface area contributed by atoms with Gasteiger partial charge in [0.2, 0.25) is 0 Å². The number of quaternary nitrogens is 2. The second-order valence-electron chi connectivity index (χ2n) is 6.81. The van der Waals surface area contributed by atoms with Crippen LogP contribution in [0.2, 0.25) is 0 Å². The van der Waals surface area contributed by atoms with Gasteiger partial charge in [-0.25, -0.2) is 0 Å². The van der Waals surface area contributed by atoms with E-state index in [0.717, 1.165) is 12.0 Å². The number of pyridine rings is 1. The van der Waals surface area contributed by atoms with Crippen molar-refractivity contribution in [3.8, 4) is 0 Å². The Hall–Kier alpha value is -0.930. The Morgan fingerprint density at radius 1 is 1.05 bits per heavy atom. The van der Waals surface area contributed by atoms with Gasteiger partial charge in [-0.2, -0.15) is 0 Å². The number of nitrogens with zero attached hydrogens (tertiary/aromatic N) is 1. The van der Waals surface area contributed by atoms with E-state index in [1.165, 1.54) is 64.0 Å². The van der Waals surface area contributed by atoms with E-state index in [-0.39, 0.29) is 0 Å². The number of piperazine rings is 1. The van der Waals surface area contributed by atoms with Gasteiger partial charge in [-0.1, -0.05) is 13.3 Å². The molecule has 0 aromatic carbocycles. The van der Waals surface area contributed by atoms with Crippen molar-refractivity contribution in [3.05, 3.63) is 30.1 Å². The summed E-state index contributed by atoms with van der Waals surface area (Å²) in [4.78, 5) is 7.76. The van der Waals surface area contributed by atoms with Crippen molar-refractivity contribution in [2.45, 2.75) is 45.2 Å². The van der Waals surface area contributed by atoms with Crippen molar-refractivity contribution in [1.29, 1.82) is 0 Å². The molecule has 1 aromatic heterocycles. The molecule has 0 radical (unpaired) electrons. The number of rotatable bonds is 3. The summed E-state index contributed by atoms with van der Waals surface area (Å²) in [5, 5.41) is 0. The van der Waals surface area contributed by atoms with Crippen LogP contribution in [-0.2, 0) is 6.54 Å². The molecule has 1 saturated heterocycles. The summed E-state index contributed by atoms with van der Waals surface area (Å²) in [6.07, 6.45) is 9.69. The summed E-state index contributed by atoms with van der Waals surface area (Å²) in [5.41, 5.74) is 1.43. The Labute approximate surface area is 123 Å². The average molecular weight is 275 g/mol. The second-order valence-corrected chi connectivity index (χ2v) is 6.81. The van der Waals surface area contributed by atoms with E-state index in [4.69, 9.17) is 0 Å². The van der Waals surface area contributed by atoms with Crippen molar-refractivity contribution in [3.63, 3.8) is 0 Å². The minimum Gasteiger partial charge on any atom is -0.323 e. The van der Waals surface area contributed by atoms with Gasteiger partial charge in [0.15, 0.2) is 0 Å². The molecule has 2 atom stereocenters. The lowest BCUT2D eigenvalue weighted by molar-refractivity contribution is -1.03. The second kappa shape index (κ2) is 6.68. The first-order valence-corrected chi connectivity index (χ1v) is 8.40. The smallest absolute Gasteiger partial charge is 0.127 e. The summed E-state index contributed by atoms with van der Waals surface area (Å²) >= 11 is 0. The highest BCUT2D eigenvalue weighted by Gasteiger charge is 2.34. The van der Waals surface area contributed by atoms with Crippen LogP contribution >= 0.6 is 0 Å². The lowest BCUT2D eigenvalue weighted by atomic mass is 9.84. The molecule has 1 saturated carbocycles. The van der Waals surface area contributed by atoms with Gasteiger partial charge in [-0.3, -0.25) is 4.98 Å². The highest BCUT2D eigenvalue weighted by atomic mass is 15.3. The molecule has 3 nitrogen and oxygen atoms in total. The topological polar surface area (TPSA) is 21.8 Å². The van der Waals surface area contributed by atoms with Gasteiger partial charge in [-0.05, 0) is 31.4 Å². The zero-order valence-electron chi connectivity index (χ0n) is 12.8. The van der Waals surface area contributed by atoms with Gasteiger partial charge in [0.25, 0.3) is 0 Å². The molecule has 3 rings (SSSR count). The molecule has 20 heavy (non-hydrogen) atoms. The Morgan fingerprint density at radius 2 is 1.75 bits per heavy atom. The first kappa shape index (κ1) is 14.0. The molecule has 0 bridgehead atoms. The third-order valence-corrected chi connectivity index (χ3v) is 5.44. The van der Waals surface area contributed by atoms with E-state index >= 15 is 0 Å². The summed E-state index contributed by atoms with van der Waals surface area (Å²) in [6, 6.07) is 5.27. The monoisotopic (exact) mass is 275 g/mol. The third-order valence-electron chi connectivity index (χ3n) is 5.44. The number of hydrogen-bond acceptors (Lipinski definition) is 1. The van der Waals surface area contributed by atoms with Crippen LogP contribution in [0.3, 0.4) is 0 Å². The number of nitrogens with one attached hydrogen (secondary N) is 2. The standard InChI is InChI=1S/C17H27N3/c1-15-4-2-3-5-17(15)20-12-10-19(11-13-20)14-16-6-8-18-9-7-16/h6-9,15,17H,2-5,10-14H2,1H3/p+2/t15-,17-/m0/s1. The Kier molecular flexibility index (Phi) is 4.69. The molecule has 0 spiro atoms. The quantitative estimate of drug-likeness (QED) is 0.793. The first-order valence-electron chi connectivity index (χ1n) is 8.40. The molecule has 2 aliphatic rings. The van der Waals surface area contributed by atoms with Crippen LogP contribution in [0, 0.1) is 5.92 Å². The fourth-order valence-electron chi connectivity index (χ4n) is 4.18. The molecule has 3 heteroatoms. The molecular weight excluding hydrogens is 246 g/mol. The van der Waals surface area contributed by atoms with Crippen LogP contribution in [0.4, 0.5) is 0 Å². The lowest BCUT2D eigenvalue weighted by Crippen LogP contribution is -3.29. The molecule has 1 aliphatic heterocycles. The molecule has 2 fully saturated rings.